The molecular weight excluding hydrogens is 332 g/mol. The third-order valence-corrected chi connectivity index (χ3v) is 4.58. The Morgan fingerprint density at radius 2 is 2.17 bits per heavy atom. The Bertz CT molecular complexity index is 236. The highest BCUT2D eigenvalue weighted by Crippen LogP contribution is 2.34. The van der Waals surface area contributed by atoms with Crippen molar-refractivity contribution in [1.82, 2.24) is 0 Å². The number of hydrogen-bond acceptors (Lipinski definition) is 2. The van der Waals surface area contributed by atoms with Crippen LogP contribution in [0.25, 0.3) is 0 Å². The van der Waals surface area contributed by atoms with Crippen molar-refractivity contribution in [2.24, 2.45) is 5.73 Å². The molecule has 0 aromatic carbocycles. The topological polar surface area (TPSA) is 26.0 Å². The van der Waals surface area contributed by atoms with Crippen LogP contribution in [0.2, 0.25) is 0 Å². The molecule has 0 saturated heterocycles. The summed E-state index contributed by atoms with van der Waals surface area (Å²) in [6, 6.07) is 1.35. The smallest absolute Gasteiger partial charge is 0.109 e. The Kier molecular flexibility index (Phi) is 5.93. The van der Waals surface area contributed by atoms with Gasteiger partial charge in [-0.1, -0.05) is 0 Å². The fraction of sp³-hybridized carbons (Fsp3) is 0.333. The van der Waals surface area contributed by atoms with Crippen LogP contribution in [-0.4, -0.2) is 6.67 Å². The highest BCUT2D eigenvalue weighted by molar-refractivity contribution is 9.13. The molecule has 12 heavy (non-hydrogen) atoms. The van der Waals surface area contributed by atoms with E-state index in [1.54, 1.807) is 0 Å². The highest BCUT2D eigenvalue weighted by Gasteiger charge is 2.10. The van der Waals surface area contributed by atoms with Gasteiger partial charge in [0.15, 0.2) is 0 Å². The Morgan fingerprint density at radius 3 is 2.50 bits per heavy atom. The van der Waals surface area contributed by atoms with Gasteiger partial charge < -0.3 is 5.73 Å². The van der Waals surface area contributed by atoms with E-state index >= 15 is 0 Å². The second-order valence-electron chi connectivity index (χ2n) is 2.03. The minimum atomic E-state index is -0.514. The normalized spacial score (nSPS) is 12.3. The van der Waals surface area contributed by atoms with Gasteiger partial charge in [0.2, 0.25) is 0 Å². The monoisotopic (exact) mass is 337 g/mol. The Hall–Kier alpha value is 0.840. The van der Waals surface area contributed by atoms with Crippen LogP contribution in [0.3, 0.4) is 0 Å². The Morgan fingerprint density at radius 1 is 1.58 bits per heavy atom. The molecule has 0 aliphatic carbocycles. The van der Waals surface area contributed by atoms with Crippen LogP contribution < -0.4 is 5.73 Å². The molecule has 0 fully saturated rings. The predicted octanol–water partition coefficient (Wildman–Crippen LogP) is 3.66. The van der Waals surface area contributed by atoms with Gasteiger partial charge in [0.1, 0.15) is 6.67 Å². The van der Waals surface area contributed by atoms with Gasteiger partial charge in [-0.25, -0.2) is 4.39 Å². The van der Waals surface area contributed by atoms with E-state index < -0.39 is 12.7 Å². The Labute approximate surface area is 97.2 Å². The molecule has 0 unspecified atom stereocenters. The van der Waals surface area contributed by atoms with Gasteiger partial charge in [0.25, 0.3) is 0 Å². The van der Waals surface area contributed by atoms with Crippen molar-refractivity contribution >= 4 is 55.6 Å². The van der Waals surface area contributed by atoms with Crippen molar-refractivity contribution in [3.05, 3.63) is 19.2 Å². The fourth-order valence-corrected chi connectivity index (χ4v) is 2.69. The molecule has 1 aromatic heterocycles. The van der Waals surface area contributed by atoms with Gasteiger partial charge in [-0.15, -0.1) is 23.7 Å². The third-order valence-electron chi connectivity index (χ3n) is 1.20. The lowest BCUT2D eigenvalue weighted by molar-refractivity contribution is 0.440. The van der Waals surface area contributed by atoms with E-state index in [0.29, 0.717) is 0 Å². The first-order valence-electron chi connectivity index (χ1n) is 2.91. The van der Waals surface area contributed by atoms with E-state index in [1.807, 2.05) is 6.07 Å². The standard InChI is InChI=1S/C6H6Br2FNS.ClH/c7-3-1-5(4(10)2-9)11-6(3)8;/h1,4H,2,10H2;1H/t4-;/m1./s1. The van der Waals surface area contributed by atoms with Gasteiger partial charge >= 0.3 is 0 Å². The molecule has 1 nitrogen and oxygen atoms in total. The first-order valence-corrected chi connectivity index (χ1v) is 5.31. The molecule has 0 saturated carbocycles. The summed E-state index contributed by atoms with van der Waals surface area (Å²) in [4.78, 5) is 0.853. The number of thiophene rings is 1. The summed E-state index contributed by atoms with van der Waals surface area (Å²) in [5.41, 5.74) is 5.47. The number of halogens is 4. The molecule has 1 atom stereocenters. The molecule has 1 heterocycles. The number of hydrogen-bond donors (Lipinski definition) is 1. The summed E-state index contributed by atoms with van der Waals surface area (Å²) < 4.78 is 14.0. The van der Waals surface area contributed by atoms with E-state index in [9.17, 15) is 4.39 Å². The zero-order valence-corrected chi connectivity index (χ0v) is 10.7. The molecule has 0 aliphatic rings. The van der Waals surface area contributed by atoms with Gasteiger partial charge in [0, 0.05) is 9.35 Å². The van der Waals surface area contributed by atoms with Crippen molar-refractivity contribution in [3.63, 3.8) is 0 Å². The average Bonchev–Trinajstić information content (AvgIpc) is 2.31. The second kappa shape index (κ2) is 5.54. The summed E-state index contributed by atoms with van der Waals surface area (Å²) in [5, 5.41) is 0. The maximum atomic E-state index is 12.1. The predicted molar refractivity (Wildman–Crippen MR) is 59.9 cm³/mol. The highest BCUT2D eigenvalue weighted by atomic mass is 79.9. The van der Waals surface area contributed by atoms with Gasteiger partial charge in [0.05, 0.1) is 9.83 Å². The molecule has 6 heteroatoms. The fourth-order valence-electron chi connectivity index (χ4n) is 0.622. The summed E-state index contributed by atoms with van der Waals surface area (Å²) in [6.45, 7) is -0.514. The van der Waals surface area contributed by atoms with Crippen LogP contribution in [-0.2, 0) is 0 Å². The van der Waals surface area contributed by atoms with Crippen LogP contribution in [0.4, 0.5) is 4.39 Å². The van der Waals surface area contributed by atoms with E-state index in [0.717, 1.165) is 13.1 Å². The first kappa shape index (κ1) is 12.8. The van der Waals surface area contributed by atoms with Crippen LogP contribution in [0.1, 0.15) is 10.9 Å². The molecule has 1 rings (SSSR count). The number of alkyl halides is 1. The van der Waals surface area contributed by atoms with Crippen molar-refractivity contribution in [2.75, 3.05) is 6.67 Å². The van der Waals surface area contributed by atoms with Gasteiger partial charge in [-0.3, -0.25) is 0 Å². The molecule has 0 spiro atoms. The zero-order chi connectivity index (χ0) is 8.43. The first-order chi connectivity index (χ1) is 5.15. The van der Waals surface area contributed by atoms with E-state index in [1.165, 1.54) is 11.3 Å². The molecular formula is C6H7Br2ClFNS. The lowest BCUT2D eigenvalue weighted by atomic mass is 10.3. The van der Waals surface area contributed by atoms with E-state index in [-0.39, 0.29) is 12.4 Å². The quantitative estimate of drug-likeness (QED) is 0.874. The minimum absolute atomic E-state index is 0. The molecule has 70 valence electrons. The summed E-state index contributed by atoms with van der Waals surface area (Å²) in [7, 11) is 0. The third kappa shape index (κ3) is 2.96. The largest absolute Gasteiger partial charge is 0.321 e. The molecule has 0 aliphatic heterocycles. The molecule has 0 amide bonds. The molecule has 2 N–H and O–H groups in total. The second-order valence-corrected chi connectivity index (χ2v) is 5.29. The van der Waals surface area contributed by atoms with E-state index in [2.05, 4.69) is 31.9 Å². The van der Waals surface area contributed by atoms with Crippen molar-refractivity contribution < 1.29 is 4.39 Å². The molecule has 0 radical (unpaired) electrons. The van der Waals surface area contributed by atoms with Crippen molar-refractivity contribution in [1.29, 1.82) is 0 Å². The van der Waals surface area contributed by atoms with Gasteiger partial charge in [-0.2, -0.15) is 0 Å². The summed E-state index contributed by atoms with van der Waals surface area (Å²) >= 11 is 8.06. The lowest BCUT2D eigenvalue weighted by Gasteiger charge is -2.00. The number of rotatable bonds is 2. The maximum Gasteiger partial charge on any atom is 0.109 e. The van der Waals surface area contributed by atoms with Crippen LogP contribution in [0, 0.1) is 0 Å². The lowest BCUT2D eigenvalue weighted by Crippen LogP contribution is -2.09. The zero-order valence-electron chi connectivity index (χ0n) is 5.89. The van der Waals surface area contributed by atoms with Crippen molar-refractivity contribution in [2.45, 2.75) is 6.04 Å². The molecule has 1 aromatic rings. The summed E-state index contributed by atoms with van der Waals surface area (Å²) in [5.74, 6) is 0. The number of nitrogens with two attached hydrogens (primary N) is 1. The van der Waals surface area contributed by atoms with Crippen LogP contribution in [0.5, 0.6) is 0 Å². The van der Waals surface area contributed by atoms with E-state index in [4.69, 9.17) is 5.73 Å². The van der Waals surface area contributed by atoms with Crippen molar-refractivity contribution in [3.8, 4) is 0 Å². The van der Waals surface area contributed by atoms with Crippen LogP contribution >= 0.6 is 55.6 Å². The van der Waals surface area contributed by atoms with Gasteiger partial charge in [-0.05, 0) is 37.9 Å². The SMILES string of the molecule is Cl.N[C@H](CF)c1cc(Br)c(Br)s1. The maximum absolute atomic E-state index is 12.1. The Balaban J connectivity index is 0.00000121. The summed E-state index contributed by atoms with van der Waals surface area (Å²) in [6.07, 6.45) is 0. The molecule has 0 bridgehead atoms. The van der Waals surface area contributed by atoms with Crippen LogP contribution in [0.15, 0.2) is 14.3 Å². The minimum Gasteiger partial charge on any atom is -0.321 e. The average molecular weight is 339 g/mol.